The molecule has 1 aliphatic rings. The Hall–Kier alpha value is -4.48. The van der Waals surface area contributed by atoms with Crippen LogP contribution in [0, 0.1) is 0 Å². The Labute approximate surface area is 228 Å². The molecular formula is C33H24N2O2S. The molecule has 1 aliphatic heterocycles. The number of hydrogen-bond acceptors (Lipinski definition) is 3. The van der Waals surface area contributed by atoms with Crippen molar-refractivity contribution in [2.24, 2.45) is 0 Å². The lowest BCUT2D eigenvalue weighted by Crippen LogP contribution is -2.16. The molecule has 0 radical (unpaired) electrons. The van der Waals surface area contributed by atoms with E-state index in [1.807, 2.05) is 72.2 Å². The molecule has 0 saturated heterocycles. The molecule has 0 N–H and O–H groups in total. The summed E-state index contributed by atoms with van der Waals surface area (Å²) < 4.78 is 70.3. The van der Waals surface area contributed by atoms with Crippen LogP contribution < -0.4 is 0 Å². The van der Waals surface area contributed by atoms with Crippen molar-refractivity contribution >= 4 is 20.9 Å². The molecule has 2 heterocycles. The van der Waals surface area contributed by atoms with Crippen molar-refractivity contribution in [1.82, 2.24) is 9.55 Å². The monoisotopic (exact) mass is 517 g/mol. The Kier molecular flexibility index (Phi) is 4.02. The largest absolute Gasteiger partial charge is 0.294 e. The lowest BCUT2D eigenvalue weighted by atomic mass is 9.98. The van der Waals surface area contributed by atoms with Crippen LogP contribution in [0.2, 0.25) is 0 Å². The Bertz CT molecular complexity index is 2200. The summed E-state index contributed by atoms with van der Waals surface area (Å²) in [6.45, 7) is 2.01. The summed E-state index contributed by atoms with van der Waals surface area (Å²) in [5, 5.41) is 0. The number of benzene rings is 5. The standard InChI is InChI=1S/C33H24N2O2S/c1-2-31-34-28-21-20-27(33-32(28)35(31)29-10-6-7-11-30(29)38(33,36)37)26-18-16-25(17-19-26)24-14-12-23(13-15-24)22-8-4-3-5-9-22/h3-21H,2H2,1H3/i3D,4D,5D,8D,9D. The molecule has 0 atom stereocenters. The highest BCUT2D eigenvalue weighted by molar-refractivity contribution is 7.92. The van der Waals surface area contributed by atoms with E-state index in [1.165, 1.54) is 0 Å². The highest BCUT2D eigenvalue weighted by Crippen LogP contribution is 2.44. The molecule has 0 aliphatic carbocycles. The van der Waals surface area contributed by atoms with Crippen LogP contribution in [0.1, 0.15) is 19.6 Å². The molecule has 1 aromatic heterocycles. The molecule has 5 aromatic carbocycles. The van der Waals surface area contributed by atoms with Gasteiger partial charge in [0, 0.05) is 12.0 Å². The highest BCUT2D eigenvalue weighted by atomic mass is 32.2. The first-order valence-corrected chi connectivity index (χ1v) is 13.8. The van der Waals surface area contributed by atoms with Crippen LogP contribution in [-0.4, -0.2) is 18.0 Å². The number of nitrogens with zero attached hydrogens (tertiary/aromatic N) is 2. The summed E-state index contributed by atoms with van der Waals surface area (Å²) >= 11 is 0. The van der Waals surface area contributed by atoms with E-state index in [0.717, 1.165) is 22.5 Å². The fourth-order valence-corrected chi connectivity index (χ4v) is 7.06. The maximum absolute atomic E-state index is 14.0. The van der Waals surface area contributed by atoms with E-state index in [9.17, 15) is 8.42 Å². The first-order valence-electron chi connectivity index (χ1n) is 14.8. The third-order valence-corrected chi connectivity index (χ3v) is 8.90. The summed E-state index contributed by atoms with van der Waals surface area (Å²) in [6, 6.07) is 23.9. The minimum atomic E-state index is -3.82. The van der Waals surface area contributed by atoms with Crippen LogP contribution in [-0.2, 0) is 16.3 Å². The Balaban J connectivity index is 1.31. The number of rotatable bonds is 4. The van der Waals surface area contributed by atoms with Gasteiger partial charge in [0.2, 0.25) is 9.84 Å². The van der Waals surface area contributed by atoms with Gasteiger partial charge in [0.05, 0.1) is 28.5 Å². The molecule has 0 spiro atoms. The van der Waals surface area contributed by atoms with E-state index in [-0.39, 0.29) is 39.5 Å². The number of para-hydroxylation sites is 1. The number of imidazole rings is 1. The van der Waals surface area contributed by atoms with Gasteiger partial charge in [0.25, 0.3) is 0 Å². The molecule has 7 rings (SSSR count). The van der Waals surface area contributed by atoms with E-state index < -0.39 is 15.9 Å². The van der Waals surface area contributed by atoms with Gasteiger partial charge in [-0.15, -0.1) is 0 Å². The van der Waals surface area contributed by atoms with Crippen LogP contribution in [0.25, 0.3) is 50.1 Å². The molecule has 0 bridgehead atoms. The van der Waals surface area contributed by atoms with Gasteiger partial charge in [-0.1, -0.05) is 104 Å². The van der Waals surface area contributed by atoms with E-state index in [0.29, 0.717) is 34.3 Å². The van der Waals surface area contributed by atoms with Gasteiger partial charge in [-0.05, 0) is 46.0 Å². The zero-order valence-corrected chi connectivity index (χ0v) is 21.2. The lowest BCUT2D eigenvalue weighted by Gasteiger charge is -2.22. The third-order valence-electron chi connectivity index (χ3n) is 7.02. The molecule has 0 amide bonds. The minimum Gasteiger partial charge on any atom is -0.294 e. The molecule has 184 valence electrons. The average Bonchev–Trinajstić information content (AvgIpc) is 3.41. The molecule has 0 saturated carbocycles. The zero-order chi connectivity index (χ0) is 30.2. The van der Waals surface area contributed by atoms with Crippen molar-refractivity contribution in [3.05, 3.63) is 121 Å². The Morgan fingerprint density at radius 1 is 0.737 bits per heavy atom. The number of aryl methyl sites for hydroxylation is 1. The van der Waals surface area contributed by atoms with Crippen LogP contribution >= 0.6 is 0 Å². The smallest absolute Gasteiger partial charge is 0.211 e. The quantitative estimate of drug-likeness (QED) is 0.240. The van der Waals surface area contributed by atoms with E-state index in [4.69, 9.17) is 11.8 Å². The minimum absolute atomic E-state index is 0.158. The lowest BCUT2D eigenvalue weighted by molar-refractivity contribution is 0.594. The fourth-order valence-electron chi connectivity index (χ4n) is 5.23. The molecule has 0 fully saturated rings. The van der Waals surface area contributed by atoms with Gasteiger partial charge in [0.15, 0.2) is 0 Å². The predicted molar refractivity (Wildman–Crippen MR) is 152 cm³/mol. The van der Waals surface area contributed by atoms with Crippen molar-refractivity contribution in [3.8, 4) is 39.1 Å². The summed E-state index contributed by atoms with van der Waals surface area (Å²) in [7, 11) is -3.82. The van der Waals surface area contributed by atoms with Crippen LogP contribution in [0.5, 0.6) is 0 Å². The second kappa shape index (κ2) is 8.54. The van der Waals surface area contributed by atoms with E-state index in [1.54, 1.807) is 24.3 Å². The predicted octanol–water partition coefficient (Wildman–Crippen LogP) is 7.74. The van der Waals surface area contributed by atoms with Crippen LogP contribution in [0.4, 0.5) is 0 Å². The fraction of sp³-hybridized carbons (Fsp3) is 0.0606. The average molecular weight is 518 g/mol. The second-order valence-electron chi connectivity index (χ2n) is 9.15. The van der Waals surface area contributed by atoms with Gasteiger partial charge in [-0.25, -0.2) is 13.4 Å². The molecule has 4 nitrogen and oxygen atoms in total. The van der Waals surface area contributed by atoms with Crippen LogP contribution in [0.15, 0.2) is 125 Å². The zero-order valence-electron chi connectivity index (χ0n) is 25.4. The van der Waals surface area contributed by atoms with E-state index in [2.05, 4.69) is 0 Å². The normalized spacial score (nSPS) is 15.2. The topological polar surface area (TPSA) is 52.0 Å². The van der Waals surface area contributed by atoms with Crippen molar-refractivity contribution < 1.29 is 15.3 Å². The summed E-state index contributed by atoms with van der Waals surface area (Å²) in [4.78, 5) is 5.27. The number of sulfone groups is 1. The number of fused-ring (bicyclic) bond motifs is 2. The first kappa shape index (κ1) is 17.9. The van der Waals surface area contributed by atoms with Gasteiger partial charge in [-0.3, -0.25) is 4.57 Å². The van der Waals surface area contributed by atoms with Gasteiger partial charge >= 0.3 is 0 Å². The Morgan fingerprint density at radius 3 is 2.00 bits per heavy atom. The van der Waals surface area contributed by atoms with Crippen molar-refractivity contribution in [1.29, 1.82) is 0 Å². The van der Waals surface area contributed by atoms with Gasteiger partial charge in [-0.2, -0.15) is 0 Å². The van der Waals surface area contributed by atoms with Crippen LogP contribution in [0.3, 0.4) is 0 Å². The van der Waals surface area contributed by atoms with Gasteiger partial charge < -0.3 is 0 Å². The summed E-state index contributed by atoms with van der Waals surface area (Å²) in [5.74, 6) is 0.804. The third kappa shape index (κ3) is 3.36. The van der Waals surface area contributed by atoms with Crippen molar-refractivity contribution in [2.45, 2.75) is 23.1 Å². The SMILES string of the molecule is [2H]c1c([2H])c([2H])c(-c2ccc(-c3ccc(-c4ccc5nc(CC)n6c5c4S(=O)(=O)c4ccccc4-6)cc3)cc2)c([2H])c1[2H]. The van der Waals surface area contributed by atoms with E-state index >= 15 is 0 Å². The summed E-state index contributed by atoms with van der Waals surface area (Å²) in [6.07, 6.45) is 0.654. The first-order chi connectivity index (χ1) is 20.6. The maximum Gasteiger partial charge on any atom is 0.211 e. The van der Waals surface area contributed by atoms with Gasteiger partial charge in [0.1, 0.15) is 10.7 Å². The van der Waals surface area contributed by atoms with Crippen molar-refractivity contribution in [2.75, 3.05) is 0 Å². The number of aromatic nitrogens is 2. The molecule has 38 heavy (non-hydrogen) atoms. The Morgan fingerprint density at radius 2 is 1.34 bits per heavy atom. The molecule has 0 unspecified atom stereocenters. The summed E-state index contributed by atoms with van der Waals surface area (Å²) in [5.41, 5.74) is 5.66. The molecular weight excluding hydrogens is 488 g/mol. The maximum atomic E-state index is 14.0. The molecule has 5 heteroatoms. The highest BCUT2D eigenvalue weighted by Gasteiger charge is 2.35. The van der Waals surface area contributed by atoms with Crippen molar-refractivity contribution in [3.63, 3.8) is 0 Å². The number of hydrogen-bond donors (Lipinski definition) is 0. The molecule has 6 aromatic rings. The second-order valence-corrected chi connectivity index (χ2v) is 11.0.